The summed E-state index contributed by atoms with van der Waals surface area (Å²) in [6.45, 7) is 4.64. The maximum Gasteiger partial charge on any atom is 0.165 e. The molecule has 1 aliphatic rings. The van der Waals surface area contributed by atoms with Gasteiger partial charge in [-0.1, -0.05) is 159 Å². The van der Waals surface area contributed by atoms with Crippen LogP contribution in [0.1, 0.15) is 25.0 Å². The van der Waals surface area contributed by atoms with E-state index in [-0.39, 0.29) is 5.41 Å². The van der Waals surface area contributed by atoms with Crippen molar-refractivity contribution in [1.29, 1.82) is 0 Å². The summed E-state index contributed by atoms with van der Waals surface area (Å²) in [4.78, 5) is 15.6. The lowest BCUT2D eigenvalue weighted by Gasteiger charge is -2.21. The third kappa shape index (κ3) is 4.90. The number of hydrogen-bond donors (Lipinski definition) is 0. The van der Waals surface area contributed by atoms with Crippen LogP contribution in [0.4, 0.5) is 0 Å². The fourth-order valence-corrected chi connectivity index (χ4v) is 9.14. The molecule has 0 radical (unpaired) electrons. The van der Waals surface area contributed by atoms with E-state index in [1.807, 2.05) is 6.07 Å². The van der Waals surface area contributed by atoms with Crippen LogP contribution < -0.4 is 0 Å². The van der Waals surface area contributed by atoms with E-state index in [9.17, 15) is 0 Å². The van der Waals surface area contributed by atoms with Crippen LogP contribution >= 0.6 is 11.3 Å². The first-order chi connectivity index (χ1) is 25.5. The van der Waals surface area contributed by atoms with E-state index in [1.165, 1.54) is 48.0 Å². The molecule has 246 valence electrons. The Balaban J connectivity index is 1.12. The van der Waals surface area contributed by atoms with Crippen molar-refractivity contribution in [3.8, 4) is 67.5 Å². The zero-order valence-electron chi connectivity index (χ0n) is 28.8. The minimum Gasteiger partial charge on any atom is -0.208 e. The van der Waals surface area contributed by atoms with Gasteiger partial charge >= 0.3 is 0 Å². The van der Waals surface area contributed by atoms with Gasteiger partial charge in [0.25, 0.3) is 0 Å². The van der Waals surface area contributed by atoms with Crippen LogP contribution in [0.15, 0.2) is 164 Å². The highest BCUT2D eigenvalue weighted by Crippen LogP contribution is 2.49. The summed E-state index contributed by atoms with van der Waals surface area (Å²) < 4.78 is 2.43. The second kappa shape index (κ2) is 11.9. The maximum absolute atomic E-state index is 5.22. The highest BCUT2D eigenvalue weighted by Gasteiger charge is 2.35. The Morgan fingerprint density at radius 3 is 1.79 bits per heavy atom. The lowest BCUT2D eigenvalue weighted by Crippen LogP contribution is -2.14. The highest BCUT2D eigenvalue weighted by atomic mass is 32.1. The van der Waals surface area contributed by atoms with Crippen LogP contribution in [-0.2, 0) is 5.41 Å². The van der Waals surface area contributed by atoms with Crippen molar-refractivity contribution in [1.82, 2.24) is 15.0 Å². The number of hydrogen-bond acceptors (Lipinski definition) is 4. The molecule has 0 N–H and O–H groups in total. The van der Waals surface area contributed by atoms with Crippen molar-refractivity contribution in [2.24, 2.45) is 0 Å². The molecule has 0 saturated carbocycles. The van der Waals surface area contributed by atoms with E-state index >= 15 is 0 Å². The molecule has 3 nitrogen and oxygen atoms in total. The van der Waals surface area contributed by atoms with Crippen LogP contribution in [0.2, 0.25) is 0 Å². The van der Waals surface area contributed by atoms with E-state index in [0.29, 0.717) is 17.5 Å². The predicted molar refractivity (Wildman–Crippen MR) is 217 cm³/mol. The molecule has 1 aliphatic carbocycles. The number of rotatable bonds is 5. The number of nitrogens with zero attached hydrogens (tertiary/aromatic N) is 3. The Morgan fingerprint density at radius 2 is 0.962 bits per heavy atom. The molecule has 9 aromatic rings. The normalized spacial score (nSPS) is 13.0. The Morgan fingerprint density at radius 1 is 0.385 bits per heavy atom. The van der Waals surface area contributed by atoms with Gasteiger partial charge in [-0.25, -0.2) is 15.0 Å². The molecule has 7 aromatic carbocycles. The minimum absolute atomic E-state index is 0.0122. The van der Waals surface area contributed by atoms with Crippen molar-refractivity contribution in [2.45, 2.75) is 19.3 Å². The fourth-order valence-electron chi connectivity index (χ4n) is 7.93. The predicted octanol–water partition coefficient (Wildman–Crippen LogP) is 12.9. The summed E-state index contributed by atoms with van der Waals surface area (Å²) in [5.41, 5.74) is 12.9. The molecule has 52 heavy (non-hydrogen) atoms. The van der Waals surface area contributed by atoms with Gasteiger partial charge < -0.3 is 0 Å². The van der Waals surface area contributed by atoms with Crippen molar-refractivity contribution >= 4 is 31.5 Å². The molecule has 2 heterocycles. The summed E-state index contributed by atoms with van der Waals surface area (Å²) in [6.07, 6.45) is 0. The number of fused-ring (bicyclic) bond motifs is 6. The van der Waals surface area contributed by atoms with E-state index < -0.39 is 0 Å². The van der Waals surface area contributed by atoms with Crippen LogP contribution in [0, 0.1) is 0 Å². The van der Waals surface area contributed by atoms with Gasteiger partial charge in [0.2, 0.25) is 0 Å². The van der Waals surface area contributed by atoms with Gasteiger partial charge in [-0.05, 0) is 62.7 Å². The smallest absolute Gasteiger partial charge is 0.165 e. The zero-order valence-corrected chi connectivity index (χ0v) is 29.7. The zero-order chi connectivity index (χ0) is 34.8. The van der Waals surface area contributed by atoms with Gasteiger partial charge in [0.05, 0.1) is 0 Å². The van der Waals surface area contributed by atoms with Crippen LogP contribution in [-0.4, -0.2) is 15.0 Å². The first-order valence-electron chi connectivity index (χ1n) is 17.7. The van der Waals surface area contributed by atoms with Crippen LogP contribution in [0.5, 0.6) is 0 Å². The van der Waals surface area contributed by atoms with Gasteiger partial charge in [0, 0.05) is 42.3 Å². The molecular formula is C48H33N3S. The monoisotopic (exact) mass is 683 g/mol. The largest absolute Gasteiger partial charge is 0.208 e. The first kappa shape index (κ1) is 30.6. The van der Waals surface area contributed by atoms with Crippen LogP contribution in [0.3, 0.4) is 0 Å². The Hall–Kier alpha value is -6.23. The molecule has 0 aliphatic heterocycles. The molecule has 0 atom stereocenters. The number of aromatic nitrogens is 3. The summed E-state index contributed by atoms with van der Waals surface area (Å²) in [5.74, 6) is 1.97. The van der Waals surface area contributed by atoms with E-state index in [0.717, 1.165) is 33.4 Å². The second-order valence-corrected chi connectivity index (χ2v) is 15.1. The Labute approximate surface area is 307 Å². The van der Waals surface area contributed by atoms with Gasteiger partial charge in [-0.3, -0.25) is 0 Å². The minimum atomic E-state index is -0.0122. The Kier molecular flexibility index (Phi) is 7.02. The van der Waals surface area contributed by atoms with Gasteiger partial charge in [0.1, 0.15) is 0 Å². The van der Waals surface area contributed by atoms with E-state index in [1.54, 1.807) is 11.3 Å². The first-order valence-corrected chi connectivity index (χ1v) is 18.5. The number of benzene rings is 7. The topological polar surface area (TPSA) is 38.7 Å². The third-order valence-corrected chi connectivity index (χ3v) is 11.8. The summed E-state index contributed by atoms with van der Waals surface area (Å²) >= 11 is 1.79. The summed E-state index contributed by atoms with van der Waals surface area (Å²) in [5, 5.41) is 2.47. The van der Waals surface area contributed by atoms with Crippen molar-refractivity contribution in [3.05, 3.63) is 175 Å². The molecule has 0 unspecified atom stereocenters. The molecule has 4 heteroatoms. The maximum atomic E-state index is 5.22. The Bertz CT molecular complexity index is 2810. The lowest BCUT2D eigenvalue weighted by atomic mass is 9.82. The third-order valence-electron chi connectivity index (χ3n) is 10.6. The van der Waals surface area contributed by atoms with E-state index in [2.05, 4.69) is 172 Å². The fraction of sp³-hybridized carbons (Fsp3) is 0.0625. The van der Waals surface area contributed by atoms with Gasteiger partial charge in [-0.2, -0.15) is 0 Å². The molecule has 0 bridgehead atoms. The SMILES string of the molecule is CC1(C)c2ccccc2-c2cc(-c3ccc(-c4nc(-c5ccccc5-c5ccccc5)nc(-c5cccc6c5sc5ccccc56)n4)cc3)ccc21. The van der Waals surface area contributed by atoms with Crippen LogP contribution in [0.25, 0.3) is 87.7 Å². The van der Waals surface area contributed by atoms with Gasteiger partial charge in [0.15, 0.2) is 17.5 Å². The molecular weight excluding hydrogens is 651 g/mol. The van der Waals surface area contributed by atoms with Gasteiger partial charge in [-0.15, -0.1) is 11.3 Å². The molecule has 2 aromatic heterocycles. The lowest BCUT2D eigenvalue weighted by molar-refractivity contribution is 0.660. The van der Waals surface area contributed by atoms with Crippen molar-refractivity contribution in [2.75, 3.05) is 0 Å². The van der Waals surface area contributed by atoms with Crippen molar-refractivity contribution < 1.29 is 0 Å². The quantitative estimate of drug-likeness (QED) is 0.181. The standard InChI is InChI=1S/C48H33N3S/c1-48(2)41-21-10-8-16-35(41)40-29-33(27-28-42(40)48)30-23-25-32(26-24-30)45-49-46(38-18-7-6-15-34(38)31-13-4-3-5-14-31)51-47(50-45)39-20-12-19-37-36-17-9-11-22-43(36)52-44(37)39/h3-29H,1-2H3. The average Bonchev–Trinajstić information content (AvgIpc) is 3.70. The van der Waals surface area contributed by atoms with Crippen molar-refractivity contribution in [3.63, 3.8) is 0 Å². The summed E-state index contributed by atoms with van der Waals surface area (Å²) in [7, 11) is 0. The van der Waals surface area contributed by atoms with E-state index in [4.69, 9.17) is 15.0 Å². The highest BCUT2D eigenvalue weighted by molar-refractivity contribution is 7.26. The molecule has 0 spiro atoms. The average molecular weight is 684 g/mol. The molecule has 0 saturated heterocycles. The second-order valence-electron chi connectivity index (χ2n) is 14.0. The molecule has 0 amide bonds. The molecule has 10 rings (SSSR count). The number of thiophene rings is 1. The molecule has 0 fully saturated rings. The summed E-state index contributed by atoms with van der Waals surface area (Å²) in [6, 6.07) is 58.3.